The standard InChI is InChI=1S/C31H33N3O3/c1-30-12-10-24(37-29(36)21-6-4-20(18-32)5-7-21)17-23(30)8-9-25-26(30)11-13-31(2)27(25)16-22(19-35)28(31)34-15-3-14-33-34/h3-8,14-15,19,24-27H,9-13,16-17H2,1-2H3/t24-,25+,26-,27-,30-,31-/m0/s1. The normalized spacial score (nSPS) is 34.5. The zero-order chi connectivity index (χ0) is 25.8. The Morgan fingerprint density at radius 1 is 1.14 bits per heavy atom. The van der Waals surface area contributed by atoms with E-state index in [9.17, 15) is 9.59 Å². The molecule has 0 amide bonds. The Hall–Kier alpha value is -3.46. The molecule has 0 N–H and O–H groups in total. The highest BCUT2D eigenvalue weighted by atomic mass is 16.5. The molecule has 0 saturated heterocycles. The van der Waals surface area contributed by atoms with Crippen LogP contribution in [0.2, 0.25) is 0 Å². The van der Waals surface area contributed by atoms with Crippen LogP contribution in [-0.2, 0) is 9.53 Å². The van der Waals surface area contributed by atoms with Crippen LogP contribution in [0.25, 0.3) is 5.70 Å². The highest BCUT2D eigenvalue weighted by Gasteiger charge is 2.58. The average Bonchev–Trinajstić information content (AvgIpc) is 3.54. The van der Waals surface area contributed by atoms with Crippen molar-refractivity contribution in [2.75, 3.05) is 0 Å². The van der Waals surface area contributed by atoms with Crippen LogP contribution in [0.4, 0.5) is 0 Å². The number of fused-ring (bicyclic) bond motifs is 5. The molecule has 6 atom stereocenters. The lowest BCUT2D eigenvalue weighted by atomic mass is 9.48. The summed E-state index contributed by atoms with van der Waals surface area (Å²) in [5.74, 6) is 1.23. The number of carbonyl (C=O) groups is 2. The zero-order valence-electron chi connectivity index (χ0n) is 21.5. The first kappa shape index (κ1) is 23.9. The number of carbonyl (C=O) groups excluding carboxylic acids is 2. The lowest BCUT2D eigenvalue weighted by Gasteiger charge is -2.57. The van der Waals surface area contributed by atoms with E-state index in [1.807, 2.05) is 16.9 Å². The number of nitrogens with zero attached hydrogens (tertiary/aromatic N) is 3. The number of ether oxygens (including phenoxy) is 1. The van der Waals surface area contributed by atoms with Crippen molar-refractivity contribution in [3.05, 3.63) is 71.1 Å². The van der Waals surface area contributed by atoms with Gasteiger partial charge in [0.15, 0.2) is 0 Å². The number of hydrogen-bond donors (Lipinski definition) is 0. The molecule has 6 nitrogen and oxygen atoms in total. The highest BCUT2D eigenvalue weighted by molar-refractivity contribution is 5.89. The number of nitriles is 1. The van der Waals surface area contributed by atoms with Crippen LogP contribution < -0.4 is 0 Å². The molecule has 190 valence electrons. The summed E-state index contributed by atoms with van der Waals surface area (Å²) in [7, 11) is 0. The summed E-state index contributed by atoms with van der Waals surface area (Å²) in [5, 5.41) is 13.5. The quantitative estimate of drug-likeness (QED) is 0.297. The van der Waals surface area contributed by atoms with Crippen molar-refractivity contribution in [3.63, 3.8) is 0 Å². The number of allylic oxidation sites excluding steroid dienone is 3. The van der Waals surface area contributed by atoms with E-state index in [0.717, 1.165) is 62.5 Å². The summed E-state index contributed by atoms with van der Waals surface area (Å²) in [5.41, 5.74) is 4.55. The number of benzene rings is 1. The summed E-state index contributed by atoms with van der Waals surface area (Å²) in [4.78, 5) is 24.9. The SMILES string of the molecule is C[C@]12CC[C@H](OC(=O)c3ccc(C#N)cc3)CC1=CC[C@@H]1[C@@H]2CC[C@]2(C)C(n3cccn3)=C(C=O)C[C@@H]12. The second-order valence-corrected chi connectivity index (χ2v) is 11.8. The van der Waals surface area contributed by atoms with Crippen molar-refractivity contribution in [3.8, 4) is 6.07 Å². The Balaban J connectivity index is 1.20. The van der Waals surface area contributed by atoms with Gasteiger partial charge in [0, 0.05) is 29.8 Å². The smallest absolute Gasteiger partial charge is 0.338 e. The third-order valence-electron chi connectivity index (χ3n) is 10.1. The number of aromatic nitrogens is 2. The van der Waals surface area contributed by atoms with Crippen LogP contribution in [0.1, 0.15) is 74.7 Å². The van der Waals surface area contributed by atoms with Crippen LogP contribution in [0.15, 0.2) is 59.9 Å². The van der Waals surface area contributed by atoms with Gasteiger partial charge >= 0.3 is 5.97 Å². The topological polar surface area (TPSA) is 85.0 Å². The number of rotatable bonds is 4. The van der Waals surface area contributed by atoms with Crippen LogP contribution in [0, 0.1) is 39.9 Å². The van der Waals surface area contributed by atoms with Gasteiger partial charge in [-0.15, -0.1) is 0 Å². The first-order chi connectivity index (χ1) is 17.9. The molecular formula is C31H33N3O3. The Morgan fingerprint density at radius 2 is 1.92 bits per heavy atom. The minimum absolute atomic E-state index is 0.0427. The molecule has 1 aromatic carbocycles. The largest absolute Gasteiger partial charge is 0.458 e. The number of esters is 1. The Bertz CT molecular complexity index is 1330. The molecule has 2 fully saturated rings. The lowest BCUT2D eigenvalue weighted by Crippen LogP contribution is -2.50. The van der Waals surface area contributed by atoms with Crippen LogP contribution in [-0.4, -0.2) is 28.1 Å². The minimum Gasteiger partial charge on any atom is -0.458 e. The maximum atomic E-state index is 12.8. The van der Waals surface area contributed by atoms with Crippen molar-refractivity contribution >= 4 is 18.0 Å². The zero-order valence-corrected chi connectivity index (χ0v) is 21.5. The van der Waals surface area contributed by atoms with E-state index in [2.05, 4.69) is 31.1 Å². The van der Waals surface area contributed by atoms with Crippen molar-refractivity contribution < 1.29 is 14.3 Å². The van der Waals surface area contributed by atoms with Crippen LogP contribution in [0.3, 0.4) is 0 Å². The predicted molar refractivity (Wildman–Crippen MR) is 139 cm³/mol. The first-order valence-electron chi connectivity index (χ1n) is 13.5. The molecule has 37 heavy (non-hydrogen) atoms. The van der Waals surface area contributed by atoms with E-state index in [-0.39, 0.29) is 22.9 Å². The molecule has 0 radical (unpaired) electrons. The summed E-state index contributed by atoms with van der Waals surface area (Å²) >= 11 is 0. The minimum atomic E-state index is -0.314. The van der Waals surface area contributed by atoms with Crippen molar-refractivity contribution in [1.82, 2.24) is 9.78 Å². The van der Waals surface area contributed by atoms with Crippen LogP contribution >= 0.6 is 0 Å². The summed E-state index contributed by atoms with van der Waals surface area (Å²) in [6.45, 7) is 4.77. The molecule has 0 unspecified atom stereocenters. The predicted octanol–water partition coefficient (Wildman–Crippen LogP) is 5.96. The maximum Gasteiger partial charge on any atom is 0.338 e. The summed E-state index contributed by atoms with van der Waals surface area (Å²) in [6.07, 6.45) is 13.9. The second kappa shape index (κ2) is 8.83. The fraction of sp³-hybridized carbons (Fsp3) is 0.484. The Morgan fingerprint density at radius 3 is 2.62 bits per heavy atom. The van der Waals surface area contributed by atoms with Gasteiger partial charge in [0.1, 0.15) is 12.4 Å². The molecular weight excluding hydrogens is 462 g/mol. The molecule has 1 heterocycles. The fourth-order valence-corrected chi connectivity index (χ4v) is 8.23. The van der Waals surface area contributed by atoms with Gasteiger partial charge in [-0.2, -0.15) is 10.4 Å². The van der Waals surface area contributed by atoms with Crippen LogP contribution in [0.5, 0.6) is 0 Å². The molecule has 6 heteroatoms. The van der Waals surface area contributed by atoms with Gasteiger partial charge in [-0.1, -0.05) is 25.5 Å². The third kappa shape index (κ3) is 3.70. The highest BCUT2D eigenvalue weighted by Crippen LogP contribution is 2.66. The molecule has 0 bridgehead atoms. The molecule has 2 aromatic rings. The molecule has 2 saturated carbocycles. The first-order valence-corrected chi connectivity index (χ1v) is 13.5. The summed E-state index contributed by atoms with van der Waals surface area (Å²) < 4.78 is 7.87. The van der Waals surface area contributed by atoms with E-state index < -0.39 is 0 Å². The van der Waals surface area contributed by atoms with Gasteiger partial charge in [0.05, 0.1) is 22.9 Å². The third-order valence-corrected chi connectivity index (χ3v) is 10.1. The van der Waals surface area contributed by atoms with Gasteiger partial charge in [0.25, 0.3) is 0 Å². The molecule has 0 aliphatic heterocycles. The van der Waals surface area contributed by atoms with Crippen molar-refractivity contribution in [2.45, 2.75) is 64.9 Å². The number of hydrogen-bond acceptors (Lipinski definition) is 5. The van der Waals surface area contributed by atoms with Gasteiger partial charge in [-0.25, -0.2) is 9.48 Å². The molecule has 4 aliphatic rings. The second-order valence-electron chi connectivity index (χ2n) is 11.8. The molecule has 6 rings (SSSR count). The Kier molecular flexibility index (Phi) is 5.71. The van der Waals surface area contributed by atoms with Gasteiger partial charge in [-0.05, 0) is 92.0 Å². The van der Waals surface area contributed by atoms with Crippen molar-refractivity contribution in [2.24, 2.45) is 28.6 Å². The van der Waals surface area contributed by atoms with E-state index >= 15 is 0 Å². The van der Waals surface area contributed by atoms with Gasteiger partial charge in [-0.3, -0.25) is 4.79 Å². The molecule has 0 spiro atoms. The number of aldehydes is 1. The molecule has 1 aromatic heterocycles. The van der Waals surface area contributed by atoms with Crippen molar-refractivity contribution in [1.29, 1.82) is 5.26 Å². The Labute approximate surface area is 218 Å². The fourth-order valence-electron chi connectivity index (χ4n) is 8.23. The van der Waals surface area contributed by atoms with E-state index in [0.29, 0.717) is 28.9 Å². The molecule has 4 aliphatic carbocycles. The van der Waals surface area contributed by atoms with E-state index in [1.54, 1.807) is 30.5 Å². The van der Waals surface area contributed by atoms with E-state index in [1.165, 1.54) is 5.57 Å². The average molecular weight is 496 g/mol. The van der Waals surface area contributed by atoms with Gasteiger partial charge < -0.3 is 4.74 Å². The summed E-state index contributed by atoms with van der Waals surface area (Å²) in [6, 6.07) is 10.6. The monoisotopic (exact) mass is 495 g/mol. The van der Waals surface area contributed by atoms with E-state index in [4.69, 9.17) is 10.00 Å². The van der Waals surface area contributed by atoms with Gasteiger partial charge in [0.2, 0.25) is 0 Å². The maximum absolute atomic E-state index is 12.8. The lowest BCUT2D eigenvalue weighted by molar-refractivity contribution is -0.105.